The van der Waals surface area contributed by atoms with Crippen LogP contribution in [-0.2, 0) is 21.2 Å². The highest BCUT2D eigenvalue weighted by Gasteiger charge is 2.34. The largest absolute Gasteiger partial charge is 0.494 e. The molecule has 3 aromatic carbocycles. The topological polar surface area (TPSA) is 66.9 Å². The molecule has 1 heterocycles. The van der Waals surface area contributed by atoms with Crippen molar-refractivity contribution < 1.29 is 17.9 Å². The smallest absolute Gasteiger partial charge is 0.264 e. The summed E-state index contributed by atoms with van der Waals surface area (Å²) in [6.07, 6.45) is 0.746. The summed E-state index contributed by atoms with van der Waals surface area (Å²) in [6.45, 7) is 5.97. The van der Waals surface area contributed by atoms with Crippen molar-refractivity contribution in [2.24, 2.45) is 0 Å². The first kappa shape index (κ1) is 22.9. The molecule has 0 radical (unpaired) electrons. The van der Waals surface area contributed by atoms with Crippen molar-refractivity contribution in [3.05, 3.63) is 83.9 Å². The molecule has 6 nitrogen and oxygen atoms in total. The van der Waals surface area contributed by atoms with Gasteiger partial charge in [-0.2, -0.15) is 0 Å². The number of nitrogens with zero attached hydrogens (tertiary/aromatic N) is 2. The lowest BCUT2D eigenvalue weighted by Crippen LogP contribution is -2.45. The number of ether oxygens (including phenoxy) is 1. The van der Waals surface area contributed by atoms with Gasteiger partial charge in [0.15, 0.2) is 0 Å². The van der Waals surface area contributed by atoms with Crippen LogP contribution in [0.5, 0.6) is 5.75 Å². The molecule has 0 aliphatic carbocycles. The van der Waals surface area contributed by atoms with Crippen LogP contribution >= 0.6 is 0 Å². The zero-order valence-corrected chi connectivity index (χ0v) is 19.9. The Morgan fingerprint density at radius 1 is 1.03 bits per heavy atom. The number of fused-ring (bicyclic) bond motifs is 1. The molecule has 0 bridgehead atoms. The molecule has 1 amide bonds. The van der Waals surface area contributed by atoms with E-state index in [1.54, 1.807) is 53.4 Å². The molecule has 33 heavy (non-hydrogen) atoms. The Balaban J connectivity index is 1.71. The van der Waals surface area contributed by atoms with Crippen LogP contribution in [0, 0.1) is 6.92 Å². The van der Waals surface area contributed by atoms with E-state index in [2.05, 4.69) is 0 Å². The van der Waals surface area contributed by atoms with Crippen molar-refractivity contribution in [1.29, 1.82) is 0 Å². The Labute approximate surface area is 195 Å². The van der Waals surface area contributed by atoms with Gasteiger partial charge in [-0.3, -0.25) is 9.10 Å². The second kappa shape index (κ2) is 9.27. The highest BCUT2D eigenvalue weighted by molar-refractivity contribution is 7.92. The summed E-state index contributed by atoms with van der Waals surface area (Å²) in [5.74, 6) is 0.374. The van der Waals surface area contributed by atoms with Crippen LogP contribution in [0.4, 0.5) is 11.4 Å². The summed E-state index contributed by atoms with van der Waals surface area (Å²) in [6, 6.07) is 21.2. The Morgan fingerprint density at radius 2 is 1.70 bits per heavy atom. The van der Waals surface area contributed by atoms with E-state index in [9.17, 15) is 13.2 Å². The minimum absolute atomic E-state index is 0.0424. The minimum atomic E-state index is -3.97. The second-order valence-electron chi connectivity index (χ2n) is 8.20. The van der Waals surface area contributed by atoms with Crippen molar-refractivity contribution in [2.45, 2.75) is 38.1 Å². The molecule has 0 saturated heterocycles. The van der Waals surface area contributed by atoms with Crippen LogP contribution in [0.25, 0.3) is 0 Å². The Kier molecular flexibility index (Phi) is 6.42. The number of benzene rings is 3. The third kappa shape index (κ3) is 4.59. The van der Waals surface area contributed by atoms with Crippen molar-refractivity contribution >= 4 is 27.3 Å². The van der Waals surface area contributed by atoms with E-state index in [0.29, 0.717) is 18.0 Å². The molecule has 1 aliphatic rings. The van der Waals surface area contributed by atoms with Crippen LogP contribution in [0.1, 0.15) is 25.0 Å². The number of anilines is 2. The quantitative estimate of drug-likeness (QED) is 0.514. The minimum Gasteiger partial charge on any atom is -0.494 e. The molecule has 4 rings (SSSR count). The molecule has 3 aromatic rings. The van der Waals surface area contributed by atoms with E-state index in [0.717, 1.165) is 23.2 Å². The molecule has 7 heteroatoms. The fourth-order valence-corrected chi connectivity index (χ4v) is 5.59. The molecule has 1 atom stereocenters. The van der Waals surface area contributed by atoms with E-state index >= 15 is 0 Å². The molecule has 0 unspecified atom stereocenters. The van der Waals surface area contributed by atoms with Crippen LogP contribution < -0.4 is 13.9 Å². The number of hydrogen-bond donors (Lipinski definition) is 0. The number of aryl methyl sites for hydroxylation is 1. The van der Waals surface area contributed by atoms with Gasteiger partial charge in [0, 0.05) is 11.7 Å². The van der Waals surface area contributed by atoms with E-state index in [1.165, 1.54) is 4.31 Å². The summed E-state index contributed by atoms with van der Waals surface area (Å²) >= 11 is 0. The lowest BCUT2D eigenvalue weighted by atomic mass is 10.1. The fraction of sp³-hybridized carbons (Fsp3) is 0.269. The van der Waals surface area contributed by atoms with Crippen molar-refractivity contribution in [2.75, 3.05) is 22.4 Å². The number of carbonyl (C=O) groups excluding carboxylic acids is 1. The number of amides is 1. The fourth-order valence-electron chi connectivity index (χ4n) is 4.17. The molecular formula is C26H28N2O4S. The highest BCUT2D eigenvalue weighted by atomic mass is 32.2. The maximum absolute atomic E-state index is 13.7. The first-order valence-electron chi connectivity index (χ1n) is 11.0. The zero-order valence-electron chi connectivity index (χ0n) is 19.1. The Morgan fingerprint density at radius 3 is 2.36 bits per heavy atom. The Bertz CT molecular complexity index is 1240. The molecule has 1 aliphatic heterocycles. The lowest BCUT2D eigenvalue weighted by Gasteiger charge is -2.29. The highest BCUT2D eigenvalue weighted by Crippen LogP contribution is 2.33. The lowest BCUT2D eigenvalue weighted by molar-refractivity contribution is -0.117. The van der Waals surface area contributed by atoms with Gasteiger partial charge in [0.1, 0.15) is 12.3 Å². The monoisotopic (exact) mass is 464 g/mol. The SMILES string of the molecule is CCOc1ccc(N(CC(=O)N2c3ccccc3C[C@@H]2C)S(=O)(=O)c2ccc(C)cc2)cc1. The van der Waals surface area contributed by atoms with E-state index in [1.807, 2.05) is 45.0 Å². The second-order valence-corrected chi connectivity index (χ2v) is 10.1. The van der Waals surface area contributed by atoms with Crippen molar-refractivity contribution in [3.63, 3.8) is 0 Å². The van der Waals surface area contributed by atoms with Gasteiger partial charge in [0.25, 0.3) is 10.0 Å². The first-order chi connectivity index (χ1) is 15.8. The molecule has 0 fully saturated rings. The molecular weight excluding hydrogens is 436 g/mol. The number of hydrogen-bond acceptors (Lipinski definition) is 4. The third-order valence-electron chi connectivity index (χ3n) is 5.80. The van der Waals surface area contributed by atoms with Gasteiger partial charge in [-0.05, 0) is 75.2 Å². The normalized spacial score (nSPS) is 15.2. The van der Waals surface area contributed by atoms with Crippen LogP contribution in [0.3, 0.4) is 0 Å². The summed E-state index contributed by atoms with van der Waals surface area (Å²) < 4.78 is 34.0. The molecule has 0 N–H and O–H groups in total. The summed E-state index contributed by atoms with van der Waals surface area (Å²) in [5, 5.41) is 0. The van der Waals surface area contributed by atoms with Gasteiger partial charge in [-0.15, -0.1) is 0 Å². The molecule has 0 aromatic heterocycles. The van der Waals surface area contributed by atoms with E-state index < -0.39 is 10.0 Å². The van der Waals surface area contributed by atoms with E-state index in [-0.39, 0.29) is 23.4 Å². The van der Waals surface area contributed by atoms with Crippen molar-refractivity contribution in [1.82, 2.24) is 0 Å². The predicted octanol–water partition coefficient (Wildman–Crippen LogP) is 4.57. The summed E-state index contributed by atoms with van der Waals surface area (Å²) in [5.41, 5.74) is 3.30. The number of para-hydroxylation sites is 1. The zero-order chi connectivity index (χ0) is 23.6. The van der Waals surface area contributed by atoms with E-state index in [4.69, 9.17) is 4.74 Å². The number of carbonyl (C=O) groups is 1. The van der Waals surface area contributed by atoms with Gasteiger partial charge < -0.3 is 9.64 Å². The van der Waals surface area contributed by atoms with Gasteiger partial charge in [0.05, 0.1) is 17.2 Å². The predicted molar refractivity (Wildman–Crippen MR) is 130 cm³/mol. The summed E-state index contributed by atoms with van der Waals surface area (Å²) in [4.78, 5) is 15.4. The van der Waals surface area contributed by atoms with Gasteiger partial charge in [-0.1, -0.05) is 35.9 Å². The average Bonchev–Trinajstić information content (AvgIpc) is 3.14. The summed E-state index contributed by atoms with van der Waals surface area (Å²) in [7, 11) is -3.97. The molecule has 172 valence electrons. The number of sulfonamides is 1. The maximum atomic E-state index is 13.7. The van der Waals surface area contributed by atoms with Crippen LogP contribution in [0.15, 0.2) is 77.7 Å². The third-order valence-corrected chi connectivity index (χ3v) is 7.59. The Hall–Kier alpha value is -3.32. The van der Waals surface area contributed by atoms with Crippen LogP contribution in [-0.4, -0.2) is 33.5 Å². The van der Waals surface area contributed by atoms with Crippen molar-refractivity contribution in [3.8, 4) is 5.75 Å². The number of rotatable bonds is 7. The average molecular weight is 465 g/mol. The molecule has 0 spiro atoms. The van der Waals surface area contributed by atoms with Gasteiger partial charge in [-0.25, -0.2) is 8.42 Å². The molecule has 0 saturated carbocycles. The van der Waals surface area contributed by atoms with Gasteiger partial charge >= 0.3 is 0 Å². The maximum Gasteiger partial charge on any atom is 0.264 e. The standard InChI is InChI=1S/C26H28N2O4S/c1-4-32-23-13-11-22(12-14-23)27(33(30,31)24-15-9-19(2)10-16-24)18-26(29)28-20(3)17-21-7-5-6-8-25(21)28/h5-16,20H,4,17-18H2,1-3H3/t20-/m0/s1. The first-order valence-corrected chi connectivity index (χ1v) is 12.5. The van der Waals surface area contributed by atoms with Crippen LogP contribution in [0.2, 0.25) is 0 Å². The van der Waals surface area contributed by atoms with Gasteiger partial charge in [0.2, 0.25) is 5.91 Å².